The van der Waals surface area contributed by atoms with E-state index in [-0.39, 0.29) is 0 Å². The first-order chi connectivity index (χ1) is 24.8. The Morgan fingerprint density at radius 2 is 1.10 bits per heavy atom. The summed E-state index contributed by atoms with van der Waals surface area (Å²) < 4.78 is 11.3. The van der Waals surface area contributed by atoms with Crippen molar-refractivity contribution in [2.24, 2.45) is 0 Å². The zero-order valence-electron chi connectivity index (χ0n) is 26.9. The van der Waals surface area contributed by atoms with Crippen molar-refractivity contribution in [3.8, 4) is 5.69 Å². The molecule has 0 saturated carbocycles. The molecule has 0 aliphatic carbocycles. The van der Waals surface area contributed by atoms with Gasteiger partial charge in [0, 0.05) is 64.2 Å². The maximum atomic E-state index is 6.32. The van der Waals surface area contributed by atoms with Gasteiger partial charge < -0.3 is 13.9 Å². The van der Waals surface area contributed by atoms with E-state index in [2.05, 4.69) is 173 Å². The van der Waals surface area contributed by atoms with E-state index in [1.54, 1.807) is 0 Å². The van der Waals surface area contributed by atoms with Crippen molar-refractivity contribution in [3.05, 3.63) is 170 Å². The van der Waals surface area contributed by atoms with Crippen LogP contribution in [-0.2, 0) is 0 Å². The zero-order chi connectivity index (χ0) is 32.8. The number of anilines is 3. The van der Waals surface area contributed by atoms with Gasteiger partial charge in [-0.2, -0.15) is 0 Å². The van der Waals surface area contributed by atoms with Crippen LogP contribution in [0.5, 0.6) is 0 Å². The fourth-order valence-electron chi connectivity index (χ4n) is 8.00. The second kappa shape index (κ2) is 10.6. The summed E-state index contributed by atoms with van der Waals surface area (Å²) in [6.07, 6.45) is 0. The van der Waals surface area contributed by atoms with E-state index in [1.165, 1.54) is 52.8 Å². The number of para-hydroxylation sites is 3. The molecule has 0 bridgehead atoms. The van der Waals surface area contributed by atoms with Crippen LogP contribution >= 0.6 is 11.3 Å². The highest BCUT2D eigenvalue weighted by atomic mass is 32.1. The number of furan rings is 1. The van der Waals surface area contributed by atoms with Crippen LogP contribution in [0.25, 0.3) is 80.4 Å². The number of thiophene rings is 1. The molecule has 11 aromatic rings. The van der Waals surface area contributed by atoms with Gasteiger partial charge in [0.1, 0.15) is 11.2 Å². The Labute approximate surface area is 291 Å². The van der Waals surface area contributed by atoms with Crippen LogP contribution in [0.15, 0.2) is 174 Å². The Morgan fingerprint density at radius 1 is 0.420 bits per heavy atom. The highest BCUT2D eigenvalue weighted by Gasteiger charge is 2.21. The summed E-state index contributed by atoms with van der Waals surface area (Å²) in [5, 5.41) is 9.67. The quantitative estimate of drug-likeness (QED) is 0.188. The molecule has 0 aliphatic rings. The first-order valence-corrected chi connectivity index (χ1v) is 17.7. The normalized spacial score (nSPS) is 12.0. The standard InChI is InChI=1S/C46H28N2OS/c1-2-11-29(12-3-1)48-40-17-7-4-13-32(40)37-27-30(21-24-41(37)48)47(31-22-26-45-38(28-31)34-14-6-9-20-44(34)50-45)39-18-10-16-35-33(39)23-25-43-46(35)36-15-5-8-19-42(36)49-43/h1-28H. The van der Waals surface area contributed by atoms with Crippen LogP contribution in [-0.4, -0.2) is 4.57 Å². The SMILES string of the molecule is c1ccc(-n2c3ccccc3c3cc(N(c4ccc5sc6ccccc6c5c4)c4cccc5c4ccc4oc6ccccc6c45)ccc32)cc1. The summed E-state index contributed by atoms with van der Waals surface area (Å²) in [5.41, 5.74) is 8.71. The number of fused-ring (bicyclic) bond motifs is 11. The molecular formula is C46H28N2OS. The molecule has 3 heterocycles. The molecule has 0 unspecified atom stereocenters. The highest BCUT2D eigenvalue weighted by Crippen LogP contribution is 2.46. The molecule has 0 saturated heterocycles. The van der Waals surface area contributed by atoms with Crippen molar-refractivity contribution < 1.29 is 4.42 Å². The number of hydrogen-bond acceptors (Lipinski definition) is 3. The van der Waals surface area contributed by atoms with Crippen molar-refractivity contribution in [2.45, 2.75) is 0 Å². The van der Waals surface area contributed by atoms with Crippen LogP contribution in [0.4, 0.5) is 17.1 Å². The Hall–Kier alpha value is -6.36. The van der Waals surface area contributed by atoms with Gasteiger partial charge in [-0.1, -0.05) is 84.9 Å². The number of aromatic nitrogens is 1. The van der Waals surface area contributed by atoms with Crippen molar-refractivity contribution in [2.75, 3.05) is 4.90 Å². The van der Waals surface area contributed by atoms with Crippen LogP contribution in [0, 0.1) is 0 Å². The molecule has 0 N–H and O–H groups in total. The van der Waals surface area contributed by atoms with E-state index in [0.29, 0.717) is 0 Å². The van der Waals surface area contributed by atoms with E-state index in [1.807, 2.05) is 17.4 Å². The van der Waals surface area contributed by atoms with Crippen LogP contribution in [0.2, 0.25) is 0 Å². The molecule has 0 radical (unpaired) electrons. The average molecular weight is 657 g/mol. The largest absolute Gasteiger partial charge is 0.456 e. The van der Waals surface area contributed by atoms with E-state index < -0.39 is 0 Å². The minimum Gasteiger partial charge on any atom is -0.456 e. The lowest BCUT2D eigenvalue weighted by molar-refractivity contribution is 0.669. The van der Waals surface area contributed by atoms with E-state index in [0.717, 1.165) is 44.7 Å². The number of rotatable bonds is 4. The predicted octanol–water partition coefficient (Wildman–Crippen LogP) is 13.7. The van der Waals surface area contributed by atoms with Gasteiger partial charge in [0.05, 0.1) is 16.7 Å². The van der Waals surface area contributed by atoms with Gasteiger partial charge >= 0.3 is 0 Å². The number of hydrogen-bond donors (Lipinski definition) is 0. The van der Waals surface area contributed by atoms with Gasteiger partial charge in [-0.05, 0) is 90.3 Å². The highest BCUT2D eigenvalue weighted by molar-refractivity contribution is 7.25. The van der Waals surface area contributed by atoms with Gasteiger partial charge in [-0.15, -0.1) is 11.3 Å². The molecule has 0 amide bonds. The molecule has 50 heavy (non-hydrogen) atoms. The summed E-state index contributed by atoms with van der Waals surface area (Å²) >= 11 is 1.85. The third kappa shape index (κ3) is 3.97. The van der Waals surface area contributed by atoms with Gasteiger partial charge in [-0.3, -0.25) is 0 Å². The average Bonchev–Trinajstić information content (AvgIpc) is 3.85. The molecular weight excluding hydrogens is 629 g/mol. The topological polar surface area (TPSA) is 21.3 Å². The molecule has 3 aromatic heterocycles. The molecule has 0 atom stereocenters. The summed E-state index contributed by atoms with van der Waals surface area (Å²) in [6, 6.07) is 61.4. The molecule has 8 aromatic carbocycles. The molecule has 234 valence electrons. The van der Waals surface area contributed by atoms with E-state index >= 15 is 0 Å². The monoisotopic (exact) mass is 656 g/mol. The van der Waals surface area contributed by atoms with Crippen molar-refractivity contribution in [1.29, 1.82) is 0 Å². The molecule has 0 spiro atoms. The Morgan fingerprint density at radius 3 is 2.00 bits per heavy atom. The maximum Gasteiger partial charge on any atom is 0.136 e. The Kier molecular flexibility index (Phi) is 5.83. The third-order valence-electron chi connectivity index (χ3n) is 10.2. The second-order valence-electron chi connectivity index (χ2n) is 12.9. The van der Waals surface area contributed by atoms with Gasteiger partial charge in [0.15, 0.2) is 0 Å². The summed E-state index contributed by atoms with van der Waals surface area (Å²) in [7, 11) is 0. The molecule has 0 aliphatic heterocycles. The van der Waals surface area contributed by atoms with Crippen LogP contribution in [0.3, 0.4) is 0 Å². The van der Waals surface area contributed by atoms with Crippen LogP contribution in [0.1, 0.15) is 0 Å². The Balaban J connectivity index is 1.22. The van der Waals surface area contributed by atoms with E-state index in [9.17, 15) is 0 Å². The van der Waals surface area contributed by atoms with E-state index in [4.69, 9.17) is 4.42 Å². The first-order valence-electron chi connectivity index (χ1n) is 16.9. The lowest BCUT2D eigenvalue weighted by atomic mass is 10.0. The summed E-state index contributed by atoms with van der Waals surface area (Å²) in [4.78, 5) is 2.44. The Bertz CT molecular complexity index is 3110. The van der Waals surface area contributed by atoms with Gasteiger partial charge in [0.25, 0.3) is 0 Å². The van der Waals surface area contributed by atoms with Crippen molar-refractivity contribution >= 4 is 103 Å². The molecule has 4 heteroatoms. The summed E-state index contributed by atoms with van der Waals surface area (Å²) in [6.45, 7) is 0. The molecule has 0 fully saturated rings. The minimum atomic E-state index is 0.906. The summed E-state index contributed by atoms with van der Waals surface area (Å²) in [5.74, 6) is 0. The van der Waals surface area contributed by atoms with Crippen LogP contribution < -0.4 is 4.90 Å². The third-order valence-corrected chi connectivity index (χ3v) is 11.3. The predicted molar refractivity (Wildman–Crippen MR) is 213 cm³/mol. The number of benzene rings is 8. The lowest BCUT2D eigenvalue weighted by Crippen LogP contribution is -2.10. The van der Waals surface area contributed by atoms with Crippen molar-refractivity contribution in [3.63, 3.8) is 0 Å². The lowest BCUT2D eigenvalue weighted by Gasteiger charge is -2.27. The minimum absolute atomic E-state index is 0.906. The smallest absolute Gasteiger partial charge is 0.136 e. The van der Waals surface area contributed by atoms with Gasteiger partial charge in [0.2, 0.25) is 0 Å². The molecule has 11 rings (SSSR count). The fourth-order valence-corrected chi connectivity index (χ4v) is 9.08. The van der Waals surface area contributed by atoms with Gasteiger partial charge in [-0.25, -0.2) is 0 Å². The second-order valence-corrected chi connectivity index (χ2v) is 14.0. The number of nitrogens with zero attached hydrogens (tertiary/aromatic N) is 2. The fraction of sp³-hybridized carbons (Fsp3) is 0. The first kappa shape index (κ1) is 27.6. The van der Waals surface area contributed by atoms with Crippen molar-refractivity contribution in [1.82, 2.24) is 4.57 Å². The zero-order valence-corrected chi connectivity index (χ0v) is 27.7. The molecule has 3 nitrogen and oxygen atoms in total. The maximum absolute atomic E-state index is 6.32.